The number of rotatable bonds is 5. The van der Waals surface area contributed by atoms with Crippen molar-refractivity contribution in [2.75, 3.05) is 32.8 Å². The van der Waals surface area contributed by atoms with E-state index in [1.807, 2.05) is 13.8 Å². The summed E-state index contributed by atoms with van der Waals surface area (Å²) in [6.45, 7) is 8.94. The summed E-state index contributed by atoms with van der Waals surface area (Å²) in [5.41, 5.74) is -0.197. The van der Waals surface area contributed by atoms with Gasteiger partial charge in [0.25, 0.3) is 0 Å². The van der Waals surface area contributed by atoms with E-state index in [1.54, 1.807) is 0 Å². The molecule has 0 aromatic heterocycles. The molecule has 0 bridgehead atoms. The van der Waals surface area contributed by atoms with E-state index < -0.39 is 17.8 Å². The molecular formula is C12H22N2O4. The largest absolute Gasteiger partial charge is 0.481 e. The molecule has 18 heavy (non-hydrogen) atoms. The number of hydrogen-bond donors (Lipinski definition) is 2. The molecule has 1 aliphatic rings. The Kier molecular flexibility index (Phi) is 5.10. The van der Waals surface area contributed by atoms with Crippen molar-refractivity contribution in [2.45, 2.75) is 26.3 Å². The van der Waals surface area contributed by atoms with E-state index in [2.05, 4.69) is 10.2 Å². The number of nitrogens with zero attached hydrogens (tertiary/aromatic N) is 1. The van der Waals surface area contributed by atoms with Crippen LogP contribution in [0.15, 0.2) is 0 Å². The molecule has 6 heteroatoms. The lowest BCUT2D eigenvalue weighted by atomic mass is 10.0. The van der Waals surface area contributed by atoms with Crippen LogP contribution in [0.5, 0.6) is 0 Å². The SMILES string of the molecule is CC(C(=O)O)C(=O)NCC(C)(C)N1CCOCC1. The van der Waals surface area contributed by atoms with Crippen molar-refractivity contribution >= 4 is 11.9 Å². The zero-order valence-electron chi connectivity index (χ0n) is 11.2. The molecule has 1 rings (SSSR count). The topological polar surface area (TPSA) is 78.9 Å². The van der Waals surface area contributed by atoms with E-state index in [1.165, 1.54) is 6.92 Å². The molecular weight excluding hydrogens is 236 g/mol. The zero-order chi connectivity index (χ0) is 13.8. The lowest BCUT2D eigenvalue weighted by molar-refractivity contribution is -0.146. The van der Waals surface area contributed by atoms with Crippen LogP contribution >= 0.6 is 0 Å². The van der Waals surface area contributed by atoms with Gasteiger partial charge in [-0.1, -0.05) is 0 Å². The van der Waals surface area contributed by atoms with Gasteiger partial charge in [0.2, 0.25) is 5.91 Å². The molecule has 6 nitrogen and oxygen atoms in total. The minimum absolute atomic E-state index is 0.197. The molecule has 1 atom stereocenters. The van der Waals surface area contributed by atoms with E-state index in [4.69, 9.17) is 9.84 Å². The molecule has 0 saturated carbocycles. The second-order valence-corrected chi connectivity index (χ2v) is 5.19. The fourth-order valence-electron chi connectivity index (χ4n) is 1.85. The first kappa shape index (κ1) is 14.9. The van der Waals surface area contributed by atoms with E-state index in [-0.39, 0.29) is 5.54 Å². The van der Waals surface area contributed by atoms with Gasteiger partial charge in [-0.05, 0) is 20.8 Å². The number of nitrogens with one attached hydrogen (secondary N) is 1. The first-order chi connectivity index (χ1) is 8.34. The summed E-state index contributed by atoms with van der Waals surface area (Å²) >= 11 is 0. The first-order valence-electron chi connectivity index (χ1n) is 6.18. The summed E-state index contributed by atoms with van der Waals surface area (Å²) in [5.74, 6) is -2.55. The smallest absolute Gasteiger partial charge is 0.315 e. The third kappa shape index (κ3) is 3.96. The minimum atomic E-state index is -1.10. The van der Waals surface area contributed by atoms with E-state index in [0.29, 0.717) is 19.8 Å². The number of ether oxygens (including phenoxy) is 1. The van der Waals surface area contributed by atoms with Gasteiger partial charge in [0.1, 0.15) is 5.92 Å². The molecule has 0 aromatic carbocycles. The lowest BCUT2D eigenvalue weighted by Crippen LogP contribution is -2.56. The standard InChI is InChI=1S/C12H22N2O4/c1-9(11(16)17)10(15)13-8-12(2,3)14-4-6-18-7-5-14/h9H,4-8H2,1-3H3,(H,13,15)(H,16,17). The second-order valence-electron chi connectivity index (χ2n) is 5.19. The Bertz CT molecular complexity index is 311. The number of carboxylic acid groups (broad SMARTS) is 1. The normalized spacial score (nSPS) is 19.3. The van der Waals surface area contributed by atoms with Crippen molar-refractivity contribution in [1.82, 2.24) is 10.2 Å². The lowest BCUT2D eigenvalue weighted by Gasteiger charge is -2.40. The Labute approximate surface area is 107 Å². The summed E-state index contributed by atoms with van der Waals surface area (Å²) in [6, 6.07) is 0. The fourth-order valence-corrected chi connectivity index (χ4v) is 1.85. The summed E-state index contributed by atoms with van der Waals surface area (Å²) in [5, 5.41) is 11.4. The monoisotopic (exact) mass is 258 g/mol. The fraction of sp³-hybridized carbons (Fsp3) is 0.833. The molecule has 1 aliphatic heterocycles. The van der Waals surface area contributed by atoms with Crippen LogP contribution in [0.2, 0.25) is 0 Å². The van der Waals surface area contributed by atoms with Crippen LogP contribution in [0.4, 0.5) is 0 Å². The van der Waals surface area contributed by atoms with Gasteiger partial charge in [-0.25, -0.2) is 0 Å². The average molecular weight is 258 g/mol. The minimum Gasteiger partial charge on any atom is -0.481 e. The van der Waals surface area contributed by atoms with E-state index in [0.717, 1.165) is 13.1 Å². The predicted molar refractivity (Wildman–Crippen MR) is 66.3 cm³/mol. The van der Waals surface area contributed by atoms with Crippen LogP contribution in [0.1, 0.15) is 20.8 Å². The molecule has 1 heterocycles. The summed E-state index contributed by atoms with van der Waals surface area (Å²) in [7, 11) is 0. The Morgan fingerprint density at radius 3 is 2.44 bits per heavy atom. The van der Waals surface area contributed by atoms with Crippen molar-refractivity contribution in [3.05, 3.63) is 0 Å². The quantitative estimate of drug-likeness (QED) is 0.675. The third-order valence-corrected chi connectivity index (χ3v) is 3.33. The highest BCUT2D eigenvalue weighted by Gasteiger charge is 2.30. The molecule has 0 spiro atoms. The highest BCUT2D eigenvalue weighted by molar-refractivity contribution is 5.96. The molecule has 1 unspecified atom stereocenters. The third-order valence-electron chi connectivity index (χ3n) is 3.33. The van der Waals surface area contributed by atoms with Crippen LogP contribution in [0, 0.1) is 5.92 Å². The van der Waals surface area contributed by atoms with Crippen LogP contribution in [0.25, 0.3) is 0 Å². The van der Waals surface area contributed by atoms with Gasteiger partial charge < -0.3 is 15.2 Å². The van der Waals surface area contributed by atoms with Gasteiger partial charge in [-0.15, -0.1) is 0 Å². The number of amides is 1. The number of hydrogen-bond acceptors (Lipinski definition) is 4. The van der Waals surface area contributed by atoms with Gasteiger partial charge in [0.15, 0.2) is 0 Å². The van der Waals surface area contributed by atoms with Crippen molar-refractivity contribution < 1.29 is 19.4 Å². The van der Waals surface area contributed by atoms with Crippen LogP contribution in [-0.2, 0) is 14.3 Å². The number of carbonyl (C=O) groups excluding carboxylic acids is 1. The second kappa shape index (κ2) is 6.15. The number of aliphatic carboxylic acids is 1. The van der Waals surface area contributed by atoms with E-state index >= 15 is 0 Å². The molecule has 2 N–H and O–H groups in total. The Balaban J connectivity index is 2.45. The van der Waals surface area contributed by atoms with E-state index in [9.17, 15) is 9.59 Å². The van der Waals surface area contributed by atoms with Gasteiger partial charge in [0, 0.05) is 25.2 Å². The van der Waals surface area contributed by atoms with Crippen molar-refractivity contribution in [3.8, 4) is 0 Å². The molecule has 0 aromatic rings. The maximum atomic E-state index is 11.6. The van der Waals surface area contributed by atoms with Gasteiger partial charge in [-0.2, -0.15) is 0 Å². The zero-order valence-corrected chi connectivity index (χ0v) is 11.2. The number of morpholine rings is 1. The first-order valence-corrected chi connectivity index (χ1v) is 6.18. The molecule has 1 amide bonds. The molecule has 1 saturated heterocycles. The van der Waals surface area contributed by atoms with Crippen molar-refractivity contribution in [3.63, 3.8) is 0 Å². The van der Waals surface area contributed by atoms with Crippen molar-refractivity contribution in [1.29, 1.82) is 0 Å². The molecule has 0 radical (unpaired) electrons. The van der Waals surface area contributed by atoms with Gasteiger partial charge >= 0.3 is 5.97 Å². The van der Waals surface area contributed by atoms with Crippen molar-refractivity contribution in [2.24, 2.45) is 5.92 Å². The Morgan fingerprint density at radius 1 is 1.39 bits per heavy atom. The molecule has 104 valence electrons. The number of carboxylic acids is 1. The maximum absolute atomic E-state index is 11.6. The maximum Gasteiger partial charge on any atom is 0.315 e. The Hall–Kier alpha value is -1.14. The Morgan fingerprint density at radius 2 is 1.94 bits per heavy atom. The van der Waals surface area contributed by atoms with Gasteiger partial charge in [0.05, 0.1) is 13.2 Å². The summed E-state index contributed by atoms with van der Waals surface area (Å²) in [6.07, 6.45) is 0. The van der Waals surface area contributed by atoms with Crippen LogP contribution in [-0.4, -0.2) is 60.3 Å². The van der Waals surface area contributed by atoms with Crippen LogP contribution in [0.3, 0.4) is 0 Å². The highest BCUT2D eigenvalue weighted by atomic mass is 16.5. The predicted octanol–water partition coefficient (Wildman–Crippen LogP) is -0.0659. The highest BCUT2D eigenvalue weighted by Crippen LogP contribution is 2.15. The van der Waals surface area contributed by atoms with Gasteiger partial charge in [-0.3, -0.25) is 14.5 Å². The summed E-state index contributed by atoms with van der Waals surface area (Å²) < 4.78 is 5.28. The number of carbonyl (C=O) groups is 2. The average Bonchev–Trinajstić information content (AvgIpc) is 2.36. The molecule has 0 aliphatic carbocycles. The summed E-state index contributed by atoms with van der Waals surface area (Å²) in [4.78, 5) is 24.5. The molecule has 1 fully saturated rings. The van der Waals surface area contributed by atoms with Crippen LogP contribution < -0.4 is 5.32 Å².